The van der Waals surface area contributed by atoms with Crippen LogP contribution in [0.4, 0.5) is 4.79 Å². The van der Waals surface area contributed by atoms with Gasteiger partial charge in [0.15, 0.2) is 6.61 Å². The summed E-state index contributed by atoms with van der Waals surface area (Å²) in [5.41, 5.74) is 4.42. The van der Waals surface area contributed by atoms with Crippen molar-refractivity contribution in [2.75, 3.05) is 13.2 Å². The van der Waals surface area contributed by atoms with E-state index < -0.39 is 36.3 Å². The minimum Gasteiger partial charge on any atom is -0.482 e. The van der Waals surface area contributed by atoms with Crippen LogP contribution in [0.25, 0.3) is 11.1 Å². The maximum atomic E-state index is 12.9. The highest BCUT2D eigenvalue weighted by Gasteiger charge is 2.31. The second kappa shape index (κ2) is 11.4. The van der Waals surface area contributed by atoms with E-state index in [2.05, 4.69) is 17.4 Å². The molecular formula is C30H31NO7. The SMILES string of the molecule is CC(C)(C)OC(=O)[C@H](Cc1ccc(OCC(=O)O)cc1)NC(=O)OCC1c2ccccc2-c2ccccc21. The number of nitrogens with one attached hydrogen (secondary N) is 1. The van der Waals surface area contributed by atoms with Gasteiger partial charge in [-0.15, -0.1) is 0 Å². The fourth-order valence-electron chi connectivity index (χ4n) is 4.45. The minimum atomic E-state index is -1.08. The maximum absolute atomic E-state index is 12.9. The predicted molar refractivity (Wildman–Crippen MR) is 141 cm³/mol. The number of esters is 1. The number of carboxylic acid groups (broad SMARTS) is 1. The van der Waals surface area contributed by atoms with Crippen LogP contribution in [0.2, 0.25) is 0 Å². The molecule has 0 aromatic heterocycles. The van der Waals surface area contributed by atoms with Gasteiger partial charge in [-0.25, -0.2) is 14.4 Å². The summed E-state index contributed by atoms with van der Waals surface area (Å²) in [6, 6.07) is 21.7. The molecule has 3 aromatic carbocycles. The van der Waals surface area contributed by atoms with E-state index in [0.717, 1.165) is 27.8 Å². The van der Waals surface area contributed by atoms with E-state index in [1.54, 1.807) is 45.0 Å². The van der Waals surface area contributed by atoms with E-state index in [1.807, 2.05) is 36.4 Å². The number of alkyl carbamates (subject to hydrolysis) is 1. The van der Waals surface area contributed by atoms with Crippen LogP contribution >= 0.6 is 0 Å². The molecule has 1 amide bonds. The number of carboxylic acids is 1. The van der Waals surface area contributed by atoms with Gasteiger partial charge >= 0.3 is 18.0 Å². The Balaban J connectivity index is 1.44. The van der Waals surface area contributed by atoms with E-state index in [-0.39, 0.29) is 18.9 Å². The van der Waals surface area contributed by atoms with Crippen LogP contribution in [0.1, 0.15) is 43.4 Å². The first-order chi connectivity index (χ1) is 18.1. The van der Waals surface area contributed by atoms with Gasteiger partial charge in [-0.05, 0) is 60.7 Å². The lowest BCUT2D eigenvalue weighted by atomic mass is 9.98. The summed E-state index contributed by atoms with van der Waals surface area (Å²) < 4.78 is 16.3. The van der Waals surface area contributed by atoms with Gasteiger partial charge in [-0.3, -0.25) is 0 Å². The molecule has 1 atom stereocenters. The van der Waals surface area contributed by atoms with Crippen LogP contribution in [0.3, 0.4) is 0 Å². The average molecular weight is 518 g/mol. The normalized spacial score (nSPS) is 13.1. The van der Waals surface area contributed by atoms with Crippen LogP contribution in [0.5, 0.6) is 5.75 Å². The smallest absolute Gasteiger partial charge is 0.407 e. The lowest BCUT2D eigenvalue weighted by molar-refractivity contribution is -0.157. The molecule has 0 fully saturated rings. The number of carbonyl (C=O) groups excluding carboxylic acids is 2. The van der Waals surface area contributed by atoms with Crippen LogP contribution < -0.4 is 10.1 Å². The van der Waals surface area contributed by atoms with Crippen molar-refractivity contribution >= 4 is 18.0 Å². The Morgan fingerprint density at radius 1 is 0.895 bits per heavy atom. The topological polar surface area (TPSA) is 111 Å². The highest BCUT2D eigenvalue weighted by atomic mass is 16.6. The number of fused-ring (bicyclic) bond motifs is 3. The molecule has 1 aliphatic carbocycles. The van der Waals surface area contributed by atoms with Gasteiger partial charge in [0.05, 0.1) is 0 Å². The molecule has 0 saturated carbocycles. The lowest BCUT2D eigenvalue weighted by Crippen LogP contribution is -2.46. The number of aliphatic carboxylic acids is 1. The quantitative estimate of drug-likeness (QED) is 0.387. The summed E-state index contributed by atoms with van der Waals surface area (Å²) in [6.45, 7) is 4.93. The number of hydrogen-bond donors (Lipinski definition) is 2. The minimum absolute atomic E-state index is 0.105. The maximum Gasteiger partial charge on any atom is 0.407 e. The van der Waals surface area contributed by atoms with Crippen molar-refractivity contribution in [2.24, 2.45) is 0 Å². The molecule has 2 N–H and O–H groups in total. The number of rotatable bonds is 9. The zero-order valence-corrected chi connectivity index (χ0v) is 21.6. The second-order valence-corrected chi connectivity index (χ2v) is 10.1. The predicted octanol–water partition coefficient (Wildman–Crippen LogP) is 4.94. The van der Waals surface area contributed by atoms with Crippen LogP contribution in [0, 0.1) is 0 Å². The molecule has 0 heterocycles. The molecule has 0 saturated heterocycles. The Morgan fingerprint density at radius 3 is 2.03 bits per heavy atom. The Morgan fingerprint density at radius 2 is 1.47 bits per heavy atom. The monoisotopic (exact) mass is 517 g/mol. The molecule has 0 bridgehead atoms. The lowest BCUT2D eigenvalue weighted by Gasteiger charge is -2.25. The van der Waals surface area contributed by atoms with Crippen molar-refractivity contribution in [3.05, 3.63) is 89.5 Å². The summed E-state index contributed by atoms with van der Waals surface area (Å²) in [6.07, 6.45) is -0.567. The number of ether oxygens (including phenoxy) is 3. The van der Waals surface area contributed by atoms with E-state index >= 15 is 0 Å². The molecular weight excluding hydrogens is 486 g/mol. The largest absolute Gasteiger partial charge is 0.482 e. The van der Waals surface area contributed by atoms with Crippen LogP contribution in [-0.4, -0.2) is 48.0 Å². The van der Waals surface area contributed by atoms with Crippen molar-refractivity contribution in [1.29, 1.82) is 0 Å². The van der Waals surface area contributed by atoms with Gasteiger partial charge in [0.1, 0.15) is 24.0 Å². The molecule has 38 heavy (non-hydrogen) atoms. The Kier molecular flexibility index (Phi) is 8.00. The Bertz CT molecular complexity index is 1270. The molecule has 3 aromatic rings. The summed E-state index contributed by atoms with van der Waals surface area (Å²) in [5.74, 6) is -1.38. The summed E-state index contributed by atoms with van der Waals surface area (Å²) >= 11 is 0. The van der Waals surface area contributed by atoms with Gasteiger partial charge in [0, 0.05) is 12.3 Å². The van der Waals surface area contributed by atoms with Crippen LogP contribution in [0.15, 0.2) is 72.8 Å². The zero-order chi connectivity index (χ0) is 27.3. The fraction of sp³-hybridized carbons (Fsp3) is 0.300. The Hall–Kier alpha value is -4.33. The molecule has 0 aliphatic heterocycles. The first-order valence-corrected chi connectivity index (χ1v) is 12.4. The first-order valence-electron chi connectivity index (χ1n) is 12.4. The van der Waals surface area contributed by atoms with Crippen LogP contribution in [-0.2, 0) is 25.5 Å². The highest BCUT2D eigenvalue weighted by Crippen LogP contribution is 2.44. The number of benzene rings is 3. The summed E-state index contributed by atoms with van der Waals surface area (Å²) in [5, 5.41) is 11.4. The van der Waals surface area contributed by atoms with Gasteiger partial charge in [-0.2, -0.15) is 0 Å². The number of carbonyl (C=O) groups is 3. The van der Waals surface area contributed by atoms with E-state index in [1.165, 1.54) is 0 Å². The third kappa shape index (κ3) is 6.70. The number of hydrogen-bond acceptors (Lipinski definition) is 6. The third-order valence-electron chi connectivity index (χ3n) is 6.05. The summed E-state index contributed by atoms with van der Waals surface area (Å²) in [7, 11) is 0. The molecule has 4 rings (SSSR count). The third-order valence-corrected chi connectivity index (χ3v) is 6.05. The van der Waals surface area contributed by atoms with E-state index in [0.29, 0.717) is 5.75 Å². The fourth-order valence-corrected chi connectivity index (χ4v) is 4.45. The van der Waals surface area contributed by atoms with Gasteiger partial charge in [-0.1, -0.05) is 60.7 Å². The van der Waals surface area contributed by atoms with E-state index in [4.69, 9.17) is 19.3 Å². The second-order valence-electron chi connectivity index (χ2n) is 10.1. The average Bonchev–Trinajstić information content (AvgIpc) is 3.19. The molecule has 8 heteroatoms. The van der Waals surface area contributed by atoms with Crippen molar-refractivity contribution in [1.82, 2.24) is 5.32 Å². The van der Waals surface area contributed by atoms with E-state index in [9.17, 15) is 14.4 Å². The van der Waals surface area contributed by atoms with Crippen molar-refractivity contribution in [3.63, 3.8) is 0 Å². The standard InChI is InChI=1S/C30H31NO7/c1-30(2,3)38-28(34)26(16-19-12-14-20(15-13-19)36-18-27(32)33)31-29(35)37-17-25-23-10-6-4-8-21(23)22-9-5-7-11-24(22)25/h4-15,25-26H,16-18H2,1-3H3,(H,31,35)(H,32,33)/t26-/m0/s1. The van der Waals surface area contributed by atoms with Crippen molar-refractivity contribution in [2.45, 2.75) is 44.8 Å². The molecule has 0 radical (unpaired) electrons. The van der Waals surface area contributed by atoms with Crippen molar-refractivity contribution < 1.29 is 33.7 Å². The zero-order valence-electron chi connectivity index (χ0n) is 21.6. The molecule has 0 unspecified atom stereocenters. The first kappa shape index (κ1) is 26.7. The number of amides is 1. The molecule has 0 spiro atoms. The Labute approximate surface area is 221 Å². The molecule has 1 aliphatic rings. The van der Waals surface area contributed by atoms with Gasteiger partial charge in [0.25, 0.3) is 0 Å². The molecule has 198 valence electrons. The highest BCUT2D eigenvalue weighted by molar-refractivity contribution is 5.82. The van der Waals surface area contributed by atoms with Gasteiger partial charge < -0.3 is 24.6 Å². The van der Waals surface area contributed by atoms with Crippen molar-refractivity contribution in [3.8, 4) is 16.9 Å². The molecule has 8 nitrogen and oxygen atoms in total. The summed E-state index contributed by atoms with van der Waals surface area (Å²) in [4.78, 5) is 36.5. The van der Waals surface area contributed by atoms with Gasteiger partial charge in [0.2, 0.25) is 0 Å².